The van der Waals surface area contributed by atoms with Gasteiger partial charge in [-0.3, -0.25) is 9.59 Å². The molecule has 108 valence electrons. The van der Waals surface area contributed by atoms with Crippen LogP contribution in [0.3, 0.4) is 0 Å². The van der Waals surface area contributed by atoms with Gasteiger partial charge in [0.15, 0.2) is 0 Å². The van der Waals surface area contributed by atoms with Crippen LogP contribution in [0.25, 0.3) is 0 Å². The monoisotopic (exact) mass is 279 g/mol. The Morgan fingerprint density at radius 1 is 1.15 bits per heavy atom. The molecular weight excluding hydrogens is 262 g/mol. The lowest BCUT2D eigenvalue weighted by atomic mass is 10.2. The van der Waals surface area contributed by atoms with E-state index in [-0.39, 0.29) is 18.7 Å². The number of ether oxygens (including phenoxy) is 1. The first-order valence-electron chi connectivity index (χ1n) is 6.31. The lowest BCUT2D eigenvalue weighted by molar-refractivity contribution is -0.137. The summed E-state index contributed by atoms with van der Waals surface area (Å²) in [6.07, 6.45) is 0.406. The molecular formula is C14H17NO5. The minimum Gasteiger partial charge on any atom is -0.481 e. The lowest BCUT2D eigenvalue weighted by Crippen LogP contribution is -2.12. The number of carboxylic acids is 1. The van der Waals surface area contributed by atoms with Crippen LogP contribution in [0.2, 0.25) is 0 Å². The maximum atomic E-state index is 11.5. The molecule has 0 fully saturated rings. The molecule has 0 aromatic heterocycles. The number of rotatable bonds is 7. The summed E-state index contributed by atoms with van der Waals surface area (Å²) >= 11 is 0. The molecule has 0 heterocycles. The number of hydrogen-bond acceptors (Lipinski definition) is 4. The van der Waals surface area contributed by atoms with Gasteiger partial charge in [0, 0.05) is 18.5 Å². The first kappa shape index (κ1) is 15.7. The van der Waals surface area contributed by atoms with Gasteiger partial charge in [-0.1, -0.05) is 0 Å². The van der Waals surface area contributed by atoms with Crippen molar-refractivity contribution in [3.8, 4) is 0 Å². The Morgan fingerprint density at radius 2 is 1.80 bits per heavy atom. The Bertz CT molecular complexity index is 481. The Kier molecular flexibility index (Phi) is 6.22. The van der Waals surface area contributed by atoms with Gasteiger partial charge in [-0.05, 0) is 37.6 Å². The highest BCUT2D eigenvalue weighted by molar-refractivity contribution is 5.93. The largest absolute Gasteiger partial charge is 0.481 e. The van der Waals surface area contributed by atoms with Crippen molar-refractivity contribution in [1.82, 2.24) is 0 Å². The van der Waals surface area contributed by atoms with Crippen molar-refractivity contribution < 1.29 is 24.2 Å². The Labute approximate surface area is 116 Å². The zero-order valence-electron chi connectivity index (χ0n) is 11.2. The van der Waals surface area contributed by atoms with Gasteiger partial charge < -0.3 is 15.2 Å². The number of hydrogen-bond donors (Lipinski definition) is 2. The topological polar surface area (TPSA) is 92.7 Å². The van der Waals surface area contributed by atoms with Gasteiger partial charge in [-0.2, -0.15) is 0 Å². The van der Waals surface area contributed by atoms with E-state index >= 15 is 0 Å². The summed E-state index contributed by atoms with van der Waals surface area (Å²) in [6, 6.07) is 6.32. The molecule has 1 amide bonds. The van der Waals surface area contributed by atoms with Crippen molar-refractivity contribution in [2.24, 2.45) is 0 Å². The number of carbonyl (C=O) groups excluding carboxylic acids is 2. The second-order valence-electron chi connectivity index (χ2n) is 4.09. The second kappa shape index (κ2) is 7.93. The van der Waals surface area contributed by atoms with Crippen LogP contribution in [-0.2, 0) is 14.3 Å². The highest BCUT2D eigenvalue weighted by atomic mass is 16.5. The minimum atomic E-state index is -0.920. The molecule has 1 aromatic carbocycles. The summed E-state index contributed by atoms with van der Waals surface area (Å²) in [5.74, 6) is -1.58. The number of esters is 1. The van der Waals surface area contributed by atoms with Crippen LogP contribution in [0, 0.1) is 0 Å². The van der Waals surface area contributed by atoms with Crippen molar-refractivity contribution in [3.05, 3.63) is 29.8 Å². The molecule has 6 nitrogen and oxygen atoms in total. The lowest BCUT2D eigenvalue weighted by Gasteiger charge is -2.06. The molecule has 0 saturated carbocycles. The van der Waals surface area contributed by atoms with Crippen LogP contribution in [0.15, 0.2) is 24.3 Å². The van der Waals surface area contributed by atoms with Crippen molar-refractivity contribution in [2.75, 3.05) is 11.9 Å². The first-order valence-corrected chi connectivity index (χ1v) is 6.31. The van der Waals surface area contributed by atoms with Gasteiger partial charge >= 0.3 is 11.9 Å². The number of carbonyl (C=O) groups is 3. The third-order valence-electron chi connectivity index (χ3n) is 2.47. The number of amides is 1. The standard InChI is InChI=1S/C14H17NO5/c1-2-20-14(19)10-6-8-11(9-7-10)15-12(16)4-3-5-13(17)18/h6-9H,2-5H2,1H3,(H,15,16)(H,17,18). The third kappa shape index (κ3) is 5.51. The fourth-order valence-electron chi connectivity index (χ4n) is 1.53. The van der Waals surface area contributed by atoms with Gasteiger partial charge in [0.2, 0.25) is 5.91 Å². The van der Waals surface area contributed by atoms with E-state index in [0.717, 1.165) is 0 Å². The minimum absolute atomic E-state index is 0.0325. The fourth-order valence-corrected chi connectivity index (χ4v) is 1.53. The van der Waals surface area contributed by atoms with Crippen molar-refractivity contribution in [1.29, 1.82) is 0 Å². The molecule has 0 saturated heterocycles. The van der Waals surface area contributed by atoms with E-state index in [1.807, 2.05) is 0 Å². The molecule has 6 heteroatoms. The van der Waals surface area contributed by atoms with Crippen molar-refractivity contribution in [3.63, 3.8) is 0 Å². The number of carboxylic acid groups (broad SMARTS) is 1. The Hall–Kier alpha value is -2.37. The number of nitrogens with one attached hydrogen (secondary N) is 1. The number of benzene rings is 1. The van der Waals surface area contributed by atoms with Crippen molar-refractivity contribution in [2.45, 2.75) is 26.2 Å². The molecule has 0 unspecified atom stereocenters. The van der Waals surface area contributed by atoms with E-state index in [1.165, 1.54) is 0 Å². The smallest absolute Gasteiger partial charge is 0.338 e. The maximum absolute atomic E-state index is 11.5. The van der Waals surface area contributed by atoms with Gasteiger partial charge in [-0.25, -0.2) is 4.79 Å². The summed E-state index contributed by atoms with van der Waals surface area (Å²) in [5, 5.41) is 11.1. The fraction of sp³-hybridized carbons (Fsp3) is 0.357. The Balaban J connectivity index is 2.46. The quantitative estimate of drug-likeness (QED) is 0.745. The van der Waals surface area contributed by atoms with E-state index in [0.29, 0.717) is 24.3 Å². The summed E-state index contributed by atoms with van der Waals surface area (Å²) in [6.45, 7) is 2.03. The van der Waals surface area contributed by atoms with E-state index in [2.05, 4.69) is 5.32 Å². The van der Waals surface area contributed by atoms with Crippen LogP contribution in [0.5, 0.6) is 0 Å². The molecule has 0 spiro atoms. The average Bonchev–Trinajstić information content (AvgIpc) is 2.39. The number of anilines is 1. The highest BCUT2D eigenvalue weighted by Gasteiger charge is 2.07. The molecule has 20 heavy (non-hydrogen) atoms. The molecule has 0 aliphatic heterocycles. The van der Waals surface area contributed by atoms with Crippen molar-refractivity contribution >= 4 is 23.5 Å². The molecule has 0 bridgehead atoms. The van der Waals surface area contributed by atoms with Gasteiger partial charge in [0.1, 0.15) is 0 Å². The van der Waals surface area contributed by atoms with Crippen LogP contribution < -0.4 is 5.32 Å². The SMILES string of the molecule is CCOC(=O)c1ccc(NC(=O)CCCC(=O)O)cc1. The van der Waals surface area contributed by atoms with Gasteiger partial charge in [0.05, 0.1) is 12.2 Å². The second-order valence-corrected chi connectivity index (χ2v) is 4.09. The predicted molar refractivity (Wildman–Crippen MR) is 72.5 cm³/mol. The third-order valence-corrected chi connectivity index (χ3v) is 2.47. The Morgan fingerprint density at radius 3 is 2.35 bits per heavy atom. The van der Waals surface area contributed by atoms with E-state index in [1.54, 1.807) is 31.2 Å². The molecule has 2 N–H and O–H groups in total. The van der Waals surface area contributed by atoms with Crippen LogP contribution >= 0.6 is 0 Å². The zero-order valence-corrected chi connectivity index (χ0v) is 11.2. The summed E-state index contributed by atoms with van der Waals surface area (Å²) in [7, 11) is 0. The summed E-state index contributed by atoms with van der Waals surface area (Å²) in [5.41, 5.74) is 0.967. The van der Waals surface area contributed by atoms with E-state index in [9.17, 15) is 14.4 Å². The predicted octanol–water partition coefficient (Wildman–Crippen LogP) is 2.06. The molecule has 1 rings (SSSR count). The summed E-state index contributed by atoms with van der Waals surface area (Å²) in [4.78, 5) is 33.3. The van der Waals surface area contributed by atoms with E-state index in [4.69, 9.17) is 9.84 Å². The van der Waals surface area contributed by atoms with Crippen LogP contribution in [0.4, 0.5) is 5.69 Å². The molecule has 0 aliphatic rings. The maximum Gasteiger partial charge on any atom is 0.338 e. The molecule has 0 radical (unpaired) electrons. The summed E-state index contributed by atoms with van der Waals surface area (Å²) < 4.78 is 4.84. The zero-order chi connectivity index (χ0) is 15.0. The molecule has 0 atom stereocenters. The first-order chi connectivity index (χ1) is 9.52. The van der Waals surface area contributed by atoms with Gasteiger partial charge in [-0.15, -0.1) is 0 Å². The highest BCUT2D eigenvalue weighted by Crippen LogP contribution is 2.11. The number of aliphatic carboxylic acids is 1. The van der Waals surface area contributed by atoms with Gasteiger partial charge in [0.25, 0.3) is 0 Å². The molecule has 0 aliphatic carbocycles. The van der Waals surface area contributed by atoms with Crippen LogP contribution in [-0.4, -0.2) is 29.6 Å². The molecule has 1 aromatic rings. The van der Waals surface area contributed by atoms with E-state index < -0.39 is 11.9 Å². The normalized spacial score (nSPS) is 9.85. The average molecular weight is 279 g/mol. The van der Waals surface area contributed by atoms with Crippen LogP contribution in [0.1, 0.15) is 36.5 Å².